The molecule has 0 unspecified atom stereocenters. The Morgan fingerprint density at radius 1 is 0.864 bits per heavy atom. The summed E-state index contributed by atoms with van der Waals surface area (Å²) in [5, 5.41) is 17.9. The van der Waals surface area contributed by atoms with E-state index in [1.807, 2.05) is 12.1 Å². The molecule has 0 N–H and O–H groups in total. The van der Waals surface area contributed by atoms with Gasteiger partial charge in [0.1, 0.15) is 12.1 Å². The van der Waals surface area contributed by atoms with Crippen LogP contribution in [0.5, 0.6) is 0 Å². The summed E-state index contributed by atoms with van der Waals surface area (Å²) >= 11 is 0. The Morgan fingerprint density at radius 2 is 1.45 bits per heavy atom. The summed E-state index contributed by atoms with van der Waals surface area (Å²) < 4.78 is 0. The third kappa shape index (κ3) is 2.02. The Morgan fingerprint density at radius 3 is 2.00 bits per heavy atom. The molecule has 0 radical (unpaired) electrons. The quantitative estimate of drug-likeness (QED) is 0.793. The molecule has 5 heteroatoms. The van der Waals surface area contributed by atoms with Crippen molar-refractivity contribution in [1.29, 1.82) is 10.5 Å². The molecule has 104 valence electrons. The monoisotopic (exact) mass is 287 g/mol. The molecule has 3 rings (SSSR count). The number of fused-ring (bicyclic) bond motifs is 1. The van der Waals surface area contributed by atoms with Crippen LogP contribution >= 0.6 is 0 Å². The minimum absolute atomic E-state index is 0.0761. The molecule has 0 fully saturated rings. The summed E-state index contributed by atoms with van der Waals surface area (Å²) in [7, 11) is 0. The summed E-state index contributed by atoms with van der Waals surface area (Å²) in [6.45, 7) is 0.0761. The molecule has 22 heavy (non-hydrogen) atoms. The van der Waals surface area contributed by atoms with Gasteiger partial charge in [0.2, 0.25) is 0 Å². The minimum Gasteiger partial charge on any atom is -0.270 e. The lowest BCUT2D eigenvalue weighted by Gasteiger charge is -2.14. The second kappa shape index (κ2) is 5.16. The van der Waals surface area contributed by atoms with E-state index in [-0.39, 0.29) is 29.5 Å². The second-order valence-corrected chi connectivity index (χ2v) is 4.85. The van der Waals surface area contributed by atoms with E-state index in [4.69, 9.17) is 10.5 Å². The summed E-state index contributed by atoms with van der Waals surface area (Å²) in [6.07, 6.45) is 0. The van der Waals surface area contributed by atoms with Gasteiger partial charge in [-0.05, 0) is 29.8 Å². The zero-order valence-electron chi connectivity index (χ0n) is 11.4. The molecular weight excluding hydrogens is 278 g/mol. The molecule has 2 amide bonds. The molecule has 0 bridgehead atoms. The maximum Gasteiger partial charge on any atom is 0.261 e. The van der Waals surface area contributed by atoms with E-state index in [1.54, 1.807) is 30.3 Å². The van der Waals surface area contributed by atoms with Crippen molar-refractivity contribution in [3.8, 4) is 12.1 Å². The van der Waals surface area contributed by atoms with E-state index in [0.717, 1.165) is 4.90 Å². The highest BCUT2D eigenvalue weighted by Crippen LogP contribution is 2.24. The van der Waals surface area contributed by atoms with Crippen molar-refractivity contribution in [2.75, 3.05) is 0 Å². The molecule has 2 aromatic rings. The number of imide groups is 1. The molecule has 1 aliphatic heterocycles. The van der Waals surface area contributed by atoms with Gasteiger partial charge in [0.25, 0.3) is 11.8 Å². The summed E-state index contributed by atoms with van der Waals surface area (Å²) in [5.41, 5.74) is 1.92. The fraction of sp³-hybridized carbons (Fsp3) is 0.0588. The first-order chi connectivity index (χ1) is 10.7. The number of carbonyl (C=O) groups excluding carboxylic acids is 2. The first-order valence-electron chi connectivity index (χ1n) is 6.54. The number of rotatable bonds is 2. The van der Waals surface area contributed by atoms with Crippen molar-refractivity contribution in [2.24, 2.45) is 0 Å². The number of hydrogen-bond acceptors (Lipinski definition) is 4. The van der Waals surface area contributed by atoms with Crippen LogP contribution in [0.2, 0.25) is 0 Å². The van der Waals surface area contributed by atoms with Crippen LogP contribution in [0.3, 0.4) is 0 Å². The molecule has 1 heterocycles. The average molecular weight is 287 g/mol. The zero-order valence-corrected chi connectivity index (χ0v) is 11.4. The first-order valence-corrected chi connectivity index (χ1v) is 6.54. The fourth-order valence-electron chi connectivity index (χ4n) is 2.45. The zero-order chi connectivity index (χ0) is 15.7. The van der Waals surface area contributed by atoms with Crippen LogP contribution in [-0.4, -0.2) is 16.7 Å². The molecule has 0 aromatic heterocycles. The first kappa shape index (κ1) is 13.5. The number of hydrogen-bond donors (Lipinski definition) is 0. The lowest BCUT2D eigenvalue weighted by molar-refractivity contribution is 0.0642. The van der Waals surface area contributed by atoms with Crippen LogP contribution in [0.25, 0.3) is 0 Å². The summed E-state index contributed by atoms with van der Waals surface area (Å²) in [6, 6.07) is 15.2. The molecule has 5 nitrogen and oxygen atoms in total. The fourth-order valence-corrected chi connectivity index (χ4v) is 2.45. The normalized spacial score (nSPS) is 12.7. The summed E-state index contributed by atoms with van der Waals surface area (Å²) in [5.74, 6) is -0.688. The van der Waals surface area contributed by atoms with Crippen molar-refractivity contribution >= 4 is 11.8 Å². The van der Waals surface area contributed by atoms with Crippen molar-refractivity contribution in [3.05, 3.63) is 70.3 Å². The number of amides is 2. The van der Waals surface area contributed by atoms with Crippen molar-refractivity contribution in [3.63, 3.8) is 0 Å². The van der Waals surface area contributed by atoms with E-state index in [0.29, 0.717) is 16.7 Å². The molecule has 2 aromatic carbocycles. The Hall–Kier alpha value is -3.44. The maximum absolute atomic E-state index is 12.3. The van der Waals surface area contributed by atoms with Gasteiger partial charge in [-0.15, -0.1) is 0 Å². The lowest BCUT2D eigenvalue weighted by Crippen LogP contribution is -2.29. The summed E-state index contributed by atoms with van der Waals surface area (Å²) in [4.78, 5) is 25.7. The van der Waals surface area contributed by atoms with Crippen LogP contribution in [-0.2, 0) is 6.54 Å². The number of benzene rings is 2. The van der Waals surface area contributed by atoms with Gasteiger partial charge in [-0.1, -0.05) is 18.2 Å². The Balaban J connectivity index is 1.93. The molecule has 1 aliphatic rings. The molecule has 0 saturated heterocycles. The van der Waals surface area contributed by atoms with Gasteiger partial charge in [0, 0.05) is 0 Å². The molecule has 0 atom stereocenters. The largest absolute Gasteiger partial charge is 0.270 e. The SMILES string of the molecule is N#Cc1ccc(CN2C(=O)c3ccccc3C2=O)cc1C#N. The molecule has 0 aliphatic carbocycles. The minimum atomic E-state index is -0.344. The van der Waals surface area contributed by atoms with E-state index in [2.05, 4.69) is 0 Å². The van der Waals surface area contributed by atoms with Crippen LogP contribution < -0.4 is 0 Å². The van der Waals surface area contributed by atoms with Crippen LogP contribution in [0, 0.1) is 22.7 Å². The van der Waals surface area contributed by atoms with E-state index < -0.39 is 0 Å². The van der Waals surface area contributed by atoms with E-state index in [9.17, 15) is 9.59 Å². The van der Waals surface area contributed by atoms with Gasteiger partial charge in [-0.3, -0.25) is 14.5 Å². The Labute approximate surface area is 126 Å². The topological polar surface area (TPSA) is 85.0 Å². The molecular formula is C17H9N3O2. The van der Waals surface area contributed by atoms with E-state index in [1.165, 1.54) is 12.1 Å². The van der Waals surface area contributed by atoms with Gasteiger partial charge < -0.3 is 0 Å². The van der Waals surface area contributed by atoms with Crippen molar-refractivity contribution < 1.29 is 9.59 Å². The van der Waals surface area contributed by atoms with Crippen molar-refractivity contribution in [1.82, 2.24) is 4.90 Å². The maximum atomic E-state index is 12.3. The highest BCUT2D eigenvalue weighted by molar-refractivity contribution is 6.21. The van der Waals surface area contributed by atoms with Crippen molar-refractivity contribution in [2.45, 2.75) is 6.54 Å². The third-order valence-corrected chi connectivity index (χ3v) is 3.54. The number of nitrogens with zero attached hydrogens (tertiary/aromatic N) is 3. The lowest BCUT2D eigenvalue weighted by atomic mass is 10.1. The standard InChI is InChI=1S/C17H9N3O2/c18-8-12-6-5-11(7-13(12)9-19)10-20-16(21)14-3-1-2-4-15(14)17(20)22/h1-7H,10H2. The molecule has 0 spiro atoms. The number of nitriles is 2. The average Bonchev–Trinajstić information content (AvgIpc) is 2.80. The predicted molar refractivity (Wildman–Crippen MR) is 76.5 cm³/mol. The van der Waals surface area contributed by atoms with Crippen LogP contribution in [0.1, 0.15) is 37.4 Å². The van der Waals surface area contributed by atoms with Crippen LogP contribution in [0.4, 0.5) is 0 Å². The molecule has 0 saturated carbocycles. The Kier molecular flexibility index (Phi) is 3.17. The highest BCUT2D eigenvalue weighted by Gasteiger charge is 2.34. The van der Waals surface area contributed by atoms with Gasteiger partial charge in [-0.2, -0.15) is 10.5 Å². The highest BCUT2D eigenvalue weighted by atomic mass is 16.2. The number of carbonyl (C=O) groups is 2. The van der Waals surface area contributed by atoms with Gasteiger partial charge in [0.15, 0.2) is 0 Å². The van der Waals surface area contributed by atoms with Gasteiger partial charge in [-0.25, -0.2) is 0 Å². The smallest absolute Gasteiger partial charge is 0.261 e. The third-order valence-electron chi connectivity index (χ3n) is 3.54. The Bertz CT molecular complexity index is 853. The second-order valence-electron chi connectivity index (χ2n) is 4.85. The van der Waals surface area contributed by atoms with E-state index >= 15 is 0 Å². The van der Waals surface area contributed by atoms with Gasteiger partial charge in [0.05, 0.1) is 28.8 Å². The predicted octanol–water partition coefficient (Wildman–Crippen LogP) is 2.23. The van der Waals surface area contributed by atoms with Crippen LogP contribution in [0.15, 0.2) is 42.5 Å². The van der Waals surface area contributed by atoms with Gasteiger partial charge >= 0.3 is 0 Å².